The Balaban J connectivity index is 1.93. The van der Waals surface area contributed by atoms with Gasteiger partial charge < -0.3 is 10.1 Å². The molecule has 0 saturated heterocycles. The van der Waals surface area contributed by atoms with Crippen LogP contribution in [0.4, 0.5) is 10.8 Å². The van der Waals surface area contributed by atoms with Crippen molar-refractivity contribution in [1.29, 1.82) is 0 Å². The number of anilines is 2. The maximum absolute atomic E-state index is 6.01. The highest BCUT2D eigenvalue weighted by Gasteiger charge is 2.23. The SMILES string of the molecule is COc1ccccc1Nc1nc(C(C)(C)C)c(Cc2ccc(Cl)cc2)s1. The van der Waals surface area contributed by atoms with Crippen molar-refractivity contribution in [2.24, 2.45) is 0 Å². The molecule has 1 heterocycles. The molecule has 5 heteroatoms. The summed E-state index contributed by atoms with van der Waals surface area (Å²) in [7, 11) is 1.68. The van der Waals surface area contributed by atoms with Gasteiger partial charge in [0, 0.05) is 21.7 Å². The molecule has 0 bridgehead atoms. The number of halogens is 1. The zero-order valence-electron chi connectivity index (χ0n) is 15.5. The molecule has 1 aromatic heterocycles. The molecule has 136 valence electrons. The van der Waals surface area contributed by atoms with Gasteiger partial charge in [0.1, 0.15) is 5.75 Å². The lowest BCUT2D eigenvalue weighted by molar-refractivity contribution is 0.417. The van der Waals surface area contributed by atoms with E-state index in [1.807, 2.05) is 36.4 Å². The molecule has 26 heavy (non-hydrogen) atoms. The van der Waals surface area contributed by atoms with Gasteiger partial charge in [0.2, 0.25) is 0 Å². The highest BCUT2D eigenvalue weighted by molar-refractivity contribution is 7.15. The molecule has 0 spiro atoms. The minimum atomic E-state index is -0.0288. The molecule has 3 aromatic rings. The summed E-state index contributed by atoms with van der Waals surface area (Å²) in [5.74, 6) is 0.805. The Kier molecular flexibility index (Phi) is 5.54. The first-order valence-electron chi connectivity index (χ1n) is 8.51. The van der Waals surface area contributed by atoms with E-state index >= 15 is 0 Å². The minimum Gasteiger partial charge on any atom is -0.495 e. The molecule has 0 amide bonds. The lowest BCUT2D eigenvalue weighted by atomic mass is 9.90. The highest BCUT2D eigenvalue weighted by Crippen LogP contribution is 2.36. The van der Waals surface area contributed by atoms with E-state index in [9.17, 15) is 0 Å². The summed E-state index contributed by atoms with van der Waals surface area (Å²) >= 11 is 7.70. The van der Waals surface area contributed by atoms with Gasteiger partial charge in [-0.05, 0) is 29.8 Å². The van der Waals surface area contributed by atoms with Crippen LogP contribution in [0.2, 0.25) is 5.02 Å². The number of hydrogen-bond donors (Lipinski definition) is 1. The second-order valence-electron chi connectivity index (χ2n) is 7.17. The Morgan fingerprint density at radius 2 is 1.77 bits per heavy atom. The van der Waals surface area contributed by atoms with Crippen molar-refractivity contribution >= 4 is 33.8 Å². The van der Waals surface area contributed by atoms with Crippen LogP contribution < -0.4 is 10.1 Å². The molecule has 0 aliphatic heterocycles. The molecular weight excluding hydrogens is 364 g/mol. The molecule has 0 unspecified atom stereocenters. The van der Waals surface area contributed by atoms with Crippen molar-refractivity contribution in [1.82, 2.24) is 4.98 Å². The van der Waals surface area contributed by atoms with Gasteiger partial charge in [0.05, 0.1) is 18.5 Å². The third kappa shape index (κ3) is 4.37. The monoisotopic (exact) mass is 386 g/mol. The Morgan fingerprint density at radius 1 is 1.08 bits per heavy atom. The lowest BCUT2D eigenvalue weighted by Gasteiger charge is -2.17. The van der Waals surface area contributed by atoms with Gasteiger partial charge in [-0.25, -0.2) is 4.98 Å². The summed E-state index contributed by atoms with van der Waals surface area (Å²) in [6, 6.07) is 15.9. The van der Waals surface area contributed by atoms with Gasteiger partial charge in [-0.15, -0.1) is 11.3 Å². The minimum absolute atomic E-state index is 0.0288. The molecule has 0 aliphatic carbocycles. The van der Waals surface area contributed by atoms with Crippen molar-refractivity contribution in [2.45, 2.75) is 32.6 Å². The molecule has 0 saturated carbocycles. The van der Waals surface area contributed by atoms with Crippen LogP contribution >= 0.6 is 22.9 Å². The van der Waals surface area contributed by atoms with Crippen molar-refractivity contribution in [2.75, 3.05) is 12.4 Å². The number of benzene rings is 2. The Bertz CT molecular complexity index is 882. The van der Waals surface area contributed by atoms with E-state index in [0.717, 1.165) is 33.7 Å². The number of nitrogens with zero attached hydrogens (tertiary/aromatic N) is 1. The number of rotatable bonds is 5. The normalized spacial score (nSPS) is 11.4. The van der Waals surface area contributed by atoms with Crippen LogP contribution in [0.25, 0.3) is 0 Å². The molecular formula is C21H23ClN2OS. The predicted molar refractivity (Wildman–Crippen MR) is 111 cm³/mol. The van der Waals surface area contributed by atoms with Gasteiger partial charge >= 0.3 is 0 Å². The molecule has 0 atom stereocenters. The van der Waals surface area contributed by atoms with Crippen molar-refractivity contribution in [3.63, 3.8) is 0 Å². The Morgan fingerprint density at radius 3 is 2.42 bits per heavy atom. The average molecular weight is 387 g/mol. The highest BCUT2D eigenvalue weighted by atomic mass is 35.5. The number of aromatic nitrogens is 1. The Hall–Kier alpha value is -2.04. The second-order valence-corrected chi connectivity index (χ2v) is 8.69. The lowest BCUT2D eigenvalue weighted by Crippen LogP contribution is -2.14. The molecule has 2 aromatic carbocycles. The van der Waals surface area contributed by atoms with Crippen molar-refractivity contribution < 1.29 is 4.74 Å². The van der Waals surface area contributed by atoms with E-state index < -0.39 is 0 Å². The standard InChI is InChI=1S/C21H23ClN2OS/c1-21(2,3)19-18(13-14-9-11-15(22)12-10-14)26-20(24-19)23-16-7-5-6-8-17(16)25-4/h5-12H,13H2,1-4H3,(H,23,24). The van der Waals surface area contributed by atoms with E-state index in [2.05, 4.69) is 38.2 Å². The van der Waals surface area contributed by atoms with Gasteiger partial charge in [-0.2, -0.15) is 0 Å². The van der Waals surface area contributed by atoms with Gasteiger partial charge in [0.25, 0.3) is 0 Å². The number of para-hydroxylation sites is 2. The van der Waals surface area contributed by atoms with E-state index in [1.54, 1.807) is 18.4 Å². The average Bonchev–Trinajstić information content (AvgIpc) is 3.00. The number of methoxy groups -OCH3 is 1. The summed E-state index contributed by atoms with van der Waals surface area (Å²) in [4.78, 5) is 6.15. The molecule has 1 N–H and O–H groups in total. The van der Waals surface area contributed by atoms with Gasteiger partial charge in [0.15, 0.2) is 5.13 Å². The molecule has 0 aliphatic rings. The predicted octanol–water partition coefficient (Wildman–Crippen LogP) is 6.44. The van der Waals surface area contributed by atoms with Gasteiger partial charge in [-0.3, -0.25) is 0 Å². The van der Waals surface area contributed by atoms with Gasteiger partial charge in [-0.1, -0.05) is 56.6 Å². The summed E-state index contributed by atoms with van der Waals surface area (Å²) in [6.07, 6.45) is 0.842. The summed E-state index contributed by atoms with van der Waals surface area (Å²) < 4.78 is 5.43. The topological polar surface area (TPSA) is 34.1 Å². The number of nitrogens with one attached hydrogen (secondary N) is 1. The first kappa shape index (κ1) is 18.7. The fourth-order valence-corrected chi connectivity index (χ4v) is 4.11. The van der Waals surface area contributed by atoms with Crippen LogP contribution in [0.3, 0.4) is 0 Å². The molecule has 0 radical (unpaired) electrons. The largest absolute Gasteiger partial charge is 0.495 e. The molecule has 3 nitrogen and oxygen atoms in total. The molecule has 0 fully saturated rings. The van der Waals surface area contributed by atoms with Crippen LogP contribution in [0.1, 0.15) is 36.9 Å². The summed E-state index contributed by atoms with van der Waals surface area (Å²) in [6.45, 7) is 6.58. The first-order valence-corrected chi connectivity index (χ1v) is 9.71. The second kappa shape index (κ2) is 7.68. The van der Waals surface area contributed by atoms with E-state index in [4.69, 9.17) is 21.3 Å². The zero-order chi connectivity index (χ0) is 18.7. The van der Waals surface area contributed by atoms with Crippen LogP contribution in [-0.2, 0) is 11.8 Å². The van der Waals surface area contributed by atoms with E-state index in [-0.39, 0.29) is 5.41 Å². The zero-order valence-corrected chi connectivity index (χ0v) is 17.0. The van der Waals surface area contributed by atoms with Crippen LogP contribution in [-0.4, -0.2) is 12.1 Å². The van der Waals surface area contributed by atoms with Crippen LogP contribution in [0.15, 0.2) is 48.5 Å². The van der Waals surface area contributed by atoms with E-state index in [1.165, 1.54) is 10.4 Å². The smallest absolute Gasteiger partial charge is 0.187 e. The van der Waals surface area contributed by atoms with Crippen LogP contribution in [0.5, 0.6) is 5.75 Å². The summed E-state index contributed by atoms with van der Waals surface area (Å²) in [5.41, 5.74) is 3.24. The van der Waals surface area contributed by atoms with Crippen molar-refractivity contribution in [3.05, 3.63) is 69.7 Å². The summed E-state index contributed by atoms with van der Waals surface area (Å²) in [5, 5.41) is 5.05. The quantitative estimate of drug-likeness (QED) is 0.548. The third-order valence-electron chi connectivity index (χ3n) is 4.03. The van der Waals surface area contributed by atoms with E-state index in [0.29, 0.717) is 0 Å². The number of hydrogen-bond acceptors (Lipinski definition) is 4. The third-order valence-corrected chi connectivity index (χ3v) is 5.26. The molecule has 3 rings (SSSR count). The number of thiazole rings is 1. The fraction of sp³-hybridized carbons (Fsp3) is 0.286. The van der Waals surface area contributed by atoms with Crippen LogP contribution in [0, 0.1) is 0 Å². The maximum Gasteiger partial charge on any atom is 0.187 e. The van der Waals surface area contributed by atoms with Crippen molar-refractivity contribution in [3.8, 4) is 5.75 Å². The Labute approximate surface area is 164 Å². The first-order chi connectivity index (χ1) is 12.4. The maximum atomic E-state index is 6.01. The fourth-order valence-electron chi connectivity index (χ4n) is 2.76. The number of ether oxygens (including phenoxy) is 1.